The van der Waals surface area contributed by atoms with Crippen LogP contribution in [-0.4, -0.2) is 55.1 Å². The van der Waals surface area contributed by atoms with Gasteiger partial charge >= 0.3 is 0 Å². The van der Waals surface area contributed by atoms with Gasteiger partial charge in [-0.2, -0.15) is 0 Å². The van der Waals surface area contributed by atoms with Gasteiger partial charge in [0.1, 0.15) is 0 Å². The number of halogens is 2. The van der Waals surface area contributed by atoms with Crippen LogP contribution in [0.15, 0.2) is 0 Å². The van der Waals surface area contributed by atoms with E-state index in [9.17, 15) is 18.4 Å². The van der Waals surface area contributed by atoms with Crippen molar-refractivity contribution in [1.29, 1.82) is 0 Å². The zero-order valence-electron chi connectivity index (χ0n) is 16.1. The molecule has 0 radical (unpaired) electrons. The first-order valence-corrected chi connectivity index (χ1v) is 9.89. The molecule has 27 heavy (non-hydrogen) atoms. The molecule has 3 aliphatic heterocycles. The maximum Gasteiger partial charge on any atom is 0.254 e. The largest absolute Gasteiger partial charge is 0.365 e. The topological polar surface area (TPSA) is 79.5 Å². The summed E-state index contributed by atoms with van der Waals surface area (Å²) in [5.74, 6) is -2.79. The van der Waals surface area contributed by atoms with Crippen molar-refractivity contribution in [1.82, 2.24) is 16.0 Å². The first kappa shape index (κ1) is 19.1. The standard InChI is InChI=1S/C19H29F2N3O3/c1-13(25)24-12-16-10-17(11-16,18(27-16)4-6-22-7-5-18)14(26)23-8-3-15(2)9-19(15,20)21/h22H,3-12H2,1-2H3,(H,23,26)(H,24,25). The van der Waals surface area contributed by atoms with Crippen LogP contribution in [0.25, 0.3) is 0 Å². The molecular formula is C19H29F2N3O3. The Kier molecular flexibility index (Phi) is 4.14. The molecule has 3 saturated heterocycles. The first-order valence-electron chi connectivity index (χ1n) is 9.89. The summed E-state index contributed by atoms with van der Waals surface area (Å²) in [6.07, 6.45) is 2.85. The van der Waals surface area contributed by atoms with Gasteiger partial charge in [-0.25, -0.2) is 8.78 Å². The molecule has 1 spiro atoms. The highest BCUT2D eigenvalue weighted by Gasteiger charge is 2.77. The predicted molar refractivity (Wildman–Crippen MR) is 94.3 cm³/mol. The number of nitrogens with one attached hydrogen (secondary N) is 3. The van der Waals surface area contributed by atoms with Gasteiger partial charge in [-0.05, 0) is 45.2 Å². The van der Waals surface area contributed by atoms with Crippen LogP contribution in [0, 0.1) is 10.8 Å². The Labute approximate surface area is 158 Å². The number of amides is 2. The molecule has 2 aliphatic carbocycles. The van der Waals surface area contributed by atoms with E-state index < -0.39 is 28.0 Å². The lowest BCUT2D eigenvalue weighted by atomic mass is 9.53. The number of rotatable bonds is 6. The SMILES string of the molecule is CC(=O)NCC12CC(C(=O)NCCC3(C)CC3(F)F)(C1)C1(CCNCC1)O2. The van der Waals surface area contributed by atoms with Crippen LogP contribution >= 0.6 is 0 Å². The molecule has 5 rings (SSSR count). The van der Waals surface area contributed by atoms with Gasteiger partial charge < -0.3 is 20.7 Å². The Morgan fingerprint density at radius 1 is 1.11 bits per heavy atom. The number of hydrogen-bond acceptors (Lipinski definition) is 4. The van der Waals surface area contributed by atoms with E-state index in [1.807, 2.05) is 0 Å². The minimum Gasteiger partial charge on any atom is -0.365 e. The van der Waals surface area contributed by atoms with Crippen molar-refractivity contribution >= 4 is 11.8 Å². The Morgan fingerprint density at radius 2 is 1.74 bits per heavy atom. The van der Waals surface area contributed by atoms with Crippen LogP contribution in [0.4, 0.5) is 8.78 Å². The molecule has 152 valence electrons. The Balaban J connectivity index is 1.43. The summed E-state index contributed by atoms with van der Waals surface area (Å²) in [6.45, 7) is 5.30. The quantitative estimate of drug-likeness (QED) is 0.645. The zero-order chi connectivity index (χ0) is 19.6. The molecule has 0 aromatic rings. The van der Waals surface area contributed by atoms with E-state index in [0.29, 0.717) is 19.4 Å². The molecule has 2 amide bonds. The molecule has 2 bridgehead atoms. The van der Waals surface area contributed by atoms with Crippen molar-refractivity contribution in [2.75, 3.05) is 26.2 Å². The van der Waals surface area contributed by atoms with E-state index >= 15 is 0 Å². The van der Waals surface area contributed by atoms with Gasteiger partial charge in [0, 0.05) is 31.8 Å². The third-order valence-corrected chi connectivity index (χ3v) is 7.37. The second-order valence-corrected chi connectivity index (χ2v) is 9.32. The third kappa shape index (κ3) is 2.78. The number of piperidine rings is 1. The van der Waals surface area contributed by atoms with Gasteiger partial charge in [-0.3, -0.25) is 9.59 Å². The number of alkyl halides is 2. The molecule has 5 aliphatic rings. The summed E-state index contributed by atoms with van der Waals surface area (Å²) < 4.78 is 33.3. The lowest BCUT2D eigenvalue weighted by Gasteiger charge is -2.48. The van der Waals surface area contributed by atoms with Gasteiger partial charge in [-0.15, -0.1) is 0 Å². The van der Waals surface area contributed by atoms with Crippen molar-refractivity contribution < 1.29 is 23.1 Å². The summed E-state index contributed by atoms with van der Waals surface area (Å²) in [6, 6.07) is 0. The van der Waals surface area contributed by atoms with Gasteiger partial charge in [0.2, 0.25) is 11.8 Å². The normalized spacial score (nSPS) is 40.3. The second kappa shape index (κ2) is 5.86. The average molecular weight is 385 g/mol. The van der Waals surface area contributed by atoms with Crippen LogP contribution < -0.4 is 16.0 Å². The smallest absolute Gasteiger partial charge is 0.254 e. The average Bonchev–Trinajstić information content (AvgIpc) is 2.84. The highest BCUT2D eigenvalue weighted by atomic mass is 19.3. The molecule has 3 N–H and O–H groups in total. The van der Waals surface area contributed by atoms with Crippen molar-refractivity contribution in [3.8, 4) is 0 Å². The molecular weight excluding hydrogens is 356 g/mol. The maximum atomic E-state index is 13.4. The Morgan fingerprint density at radius 3 is 2.30 bits per heavy atom. The van der Waals surface area contributed by atoms with Gasteiger partial charge in [0.05, 0.1) is 16.6 Å². The van der Waals surface area contributed by atoms with E-state index in [0.717, 1.165) is 25.9 Å². The number of ether oxygens (including phenoxy) is 1. The van der Waals surface area contributed by atoms with Crippen molar-refractivity contribution in [2.24, 2.45) is 10.8 Å². The molecule has 6 nitrogen and oxygen atoms in total. The van der Waals surface area contributed by atoms with E-state index in [-0.39, 0.29) is 31.2 Å². The van der Waals surface area contributed by atoms with Crippen LogP contribution in [0.1, 0.15) is 52.4 Å². The zero-order valence-corrected chi connectivity index (χ0v) is 16.1. The molecule has 0 aromatic heterocycles. The Bertz CT molecular complexity index is 657. The summed E-state index contributed by atoms with van der Waals surface area (Å²) in [5.41, 5.74) is -2.59. The molecule has 0 aromatic carbocycles. The summed E-state index contributed by atoms with van der Waals surface area (Å²) in [7, 11) is 0. The maximum absolute atomic E-state index is 13.4. The summed E-state index contributed by atoms with van der Waals surface area (Å²) in [4.78, 5) is 24.5. The van der Waals surface area contributed by atoms with Crippen molar-refractivity contribution in [2.45, 2.75) is 69.5 Å². The minimum atomic E-state index is -2.60. The molecule has 8 heteroatoms. The predicted octanol–water partition coefficient (Wildman–Crippen LogP) is 1.35. The third-order valence-electron chi connectivity index (χ3n) is 7.37. The van der Waals surface area contributed by atoms with E-state index in [4.69, 9.17) is 4.74 Å². The second-order valence-electron chi connectivity index (χ2n) is 9.32. The van der Waals surface area contributed by atoms with Crippen LogP contribution in [-0.2, 0) is 14.3 Å². The molecule has 1 unspecified atom stereocenters. The van der Waals surface area contributed by atoms with Gasteiger partial charge in [0.15, 0.2) is 0 Å². The fourth-order valence-corrected chi connectivity index (χ4v) is 5.52. The monoisotopic (exact) mass is 385 g/mol. The van der Waals surface area contributed by atoms with E-state index in [1.165, 1.54) is 6.92 Å². The highest BCUT2D eigenvalue weighted by molar-refractivity contribution is 5.87. The minimum absolute atomic E-state index is 0.0760. The Hall–Kier alpha value is -1.28. The fourth-order valence-electron chi connectivity index (χ4n) is 5.52. The fraction of sp³-hybridized carbons (Fsp3) is 0.895. The summed E-state index contributed by atoms with van der Waals surface area (Å²) >= 11 is 0. The molecule has 1 atom stereocenters. The van der Waals surface area contributed by atoms with E-state index in [1.54, 1.807) is 6.92 Å². The summed E-state index contributed by atoms with van der Waals surface area (Å²) in [5, 5.41) is 9.07. The van der Waals surface area contributed by atoms with Gasteiger partial charge in [0.25, 0.3) is 5.92 Å². The van der Waals surface area contributed by atoms with Crippen LogP contribution in [0.3, 0.4) is 0 Å². The van der Waals surface area contributed by atoms with Crippen LogP contribution in [0.5, 0.6) is 0 Å². The lowest BCUT2D eigenvalue weighted by molar-refractivity contribution is -0.141. The van der Waals surface area contributed by atoms with E-state index in [2.05, 4.69) is 16.0 Å². The molecule has 3 heterocycles. The highest BCUT2D eigenvalue weighted by Crippen LogP contribution is 2.69. The first-order chi connectivity index (χ1) is 12.6. The van der Waals surface area contributed by atoms with Gasteiger partial charge in [-0.1, -0.05) is 6.92 Å². The molecule has 5 fully saturated rings. The van der Waals surface area contributed by atoms with Crippen LogP contribution in [0.2, 0.25) is 0 Å². The number of carbonyl (C=O) groups excluding carboxylic acids is 2. The number of carbonyl (C=O) groups is 2. The number of hydrogen-bond donors (Lipinski definition) is 3. The molecule has 2 saturated carbocycles. The lowest BCUT2D eigenvalue weighted by Crippen LogP contribution is -2.61. The van der Waals surface area contributed by atoms with Crippen molar-refractivity contribution in [3.63, 3.8) is 0 Å². The van der Waals surface area contributed by atoms with Crippen molar-refractivity contribution in [3.05, 3.63) is 0 Å².